The van der Waals surface area contributed by atoms with Crippen molar-refractivity contribution in [3.63, 3.8) is 0 Å². The molecule has 1 saturated carbocycles. The lowest BCUT2D eigenvalue weighted by atomic mass is 9.92. The van der Waals surface area contributed by atoms with Gasteiger partial charge in [-0.2, -0.15) is 5.10 Å². The van der Waals surface area contributed by atoms with Crippen molar-refractivity contribution in [2.75, 3.05) is 12.8 Å². The zero-order valence-corrected chi connectivity index (χ0v) is 21.7. The molecule has 0 saturated heterocycles. The highest BCUT2D eigenvalue weighted by atomic mass is 35.5. The number of fused-ring (bicyclic) bond motifs is 1. The summed E-state index contributed by atoms with van der Waals surface area (Å²) >= 11 is 12.5. The quantitative estimate of drug-likeness (QED) is 0.253. The topological polar surface area (TPSA) is 112 Å². The summed E-state index contributed by atoms with van der Waals surface area (Å²) in [5, 5.41) is 14.7. The number of nitrogen functional groups attached to an aromatic ring is 1. The molecule has 4 aromatic rings. The second kappa shape index (κ2) is 10.5. The Morgan fingerprint density at radius 1 is 1.16 bits per heavy atom. The average Bonchev–Trinajstić information content (AvgIpc) is 3.52. The molecule has 0 spiro atoms. The summed E-state index contributed by atoms with van der Waals surface area (Å²) < 4.78 is 13.6. The zero-order chi connectivity index (χ0) is 26.1. The number of halogens is 2. The third kappa shape index (κ3) is 4.79. The van der Waals surface area contributed by atoms with Crippen LogP contribution in [-0.4, -0.2) is 32.8 Å². The lowest BCUT2D eigenvalue weighted by Gasteiger charge is -2.15. The summed E-state index contributed by atoms with van der Waals surface area (Å²) in [6.07, 6.45) is 6.06. The van der Waals surface area contributed by atoms with Crippen molar-refractivity contribution in [1.82, 2.24) is 14.6 Å². The number of carboxylic acid groups (broad SMARTS) is 1. The number of ether oxygens (including phenoxy) is 2. The maximum Gasteiger partial charge on any atom is 0.303 e. The van der Waals surface area contributed by atoms with Crippen LogP contribution in [0.15, 0.2) is 42.7 Å². The Bertz CT molecular complexity index is 1480. The third-order valence-corrected chi connectivity index (χ3v) is 7.61. The number of rotatable bonds is 8. The van der Waals surface area contributed by atoms with Gasteiger partial charge in [-0.25, -0.2) is 9.50 Å². The van der Waals surface area contributed by atoms with Gasteiger partial charge in [0.15, 0.2) is 17.3 Å². The predicted molar refractivity (Wildman–Crippen MR) is 143 cm³/mol. The number of nitrogens with two attached hydrogens (primary N) is 1. The Kier molecular flexibility index (Phi) is 7.13. The lowest BCUT2D eigenvalue weighted by molar-refractivity contribution is -0.136. The number of methoxy groups -OCH3 is 1. The molecule has 0 bridgehead atoms. The summed E-state index contributed by atoms with van der Waals surface area (Å²) in [4.78, 5) is 15.8. The molecule has 0 atom stereocenters. The summed E-state index contributed by atoms with van der Waals surface area (Å²) in [5.41, 5.74) is 10.6. The summed E-state index contributed by atoms with van der Waals surface area (Å²) in [7, 11) is 1.55. The highest BCUT2D eigenvalue weighted by molar-refractivity contribution is 6.42. The van der Waals surface area contributed by atoms with Crippen molar-refractivity contribution in [3.05, 3.63) is 64.0 Å². The van der Waals surface area contributed by atoms with Gasteiger partial charge in [0.2, 0.25) is 0 Å². The normalized spacial score (nSPS) is 13.8. The van der Waals surface area contributed by atoms with Gasteiger partial charge in [-0.05, 0) is 54.7 Å². The van der Waals surface area contributed by atoms with Gasteiger partial charge in [0.25, 0.3) is 0 Å². The SMILES string of the molecule is COc1cc(-c2c(CCC(=O)O)c(C3CCCC3)n3ncnc(N)c23)ccc1Oc1cccc(Cl)c1Cl. The van der Waals surface area contributed by atoms with Gasteiger partial charge in [-0.3, -0.25) is 4.79 Å². The molecule has 1 aliphatic rings. The van der Waals surface area contributed by atoms with E-state index in [4.69, 9.17) is 38.4 Å². The molecule has 2 aromatic heterocycles. The van der Waals surface area contributed by atoms with Crippen LogP contribution in [0.4, 0.5) is 5.82 Å². The molecule has 0 unspecified atom stereocenters. The van der Waals surface area contributed by atoms with Gasteiger partial charge >= 0.3 is 5.97 Å². The van der Waals surface area contributed by atoms with Crippen LogP contribution in [-0.2, 0) is 11.2 Å². The average molecular weight is 541 g/mol. The number of benzene rings is 2. The number of aromatic nitrogens is 3. The molecule has 0 aliphatic heterocycles. The van der Waals surface area contributed by atoms with Crippen LogP contribution in [0.3, 0.4) is 0 Å². The van der Waals surface area contributed by atoms with Gasteiger partial charge < -0.3 is 20.3 Å². The van der Waals surface area contributed by atoms with Crippen LogP contribution >= 0.6 is 23.2 Å². The van der Waals surface area contributed by atoms with E-state index >= 15 is 0 Å². The Morgan fingerprint density at radius 2 is 1.95 bits per heavy atom. The molecule has 8 nitrogen and oxygen atoms in total. The molecule has 1 aliphatic carbocycles. The first-order valence-electron chi connectivity index (χ1n) is 12.0. The maximum absolute atomic E-state index is 11.6. The maximum atomic E-state index is 11.6. The fourth-order valence-corrected chi connectivity index (χ4v) is 5.52. The molecule has 2 aromatic carbocycles. The molecule has 3 N–H and O–H groups in total. The predicted octanol–water partition coefficient (Wildman–Crippen LogP) is 6.76. The highest BCUT2D eigenvalue weighted by Crippen LogP contribution is 2.46. The number of nitrogens with zero attached hydrogens (tertiary/aromatic N) is 3. The fourth-order valence-electron chi connectivity index (χ4n) is 5.19. The van der Waals surface area contributed by atoms with Crippen LogP contribution in [0.1, 0.15) is 49.3 Å². The number of anilines is 1. The molecule has 2 heterocycles. The van der Waals surface area contributed by atoms with E-state index < -0.39 is 5.97 Å². The second-order valence-electron chi connectivity index (χ2n) is 9.04. The number of carboxylic acids is 1. The minimum atomic E-state index is -0.864. The molecule has 1 fully saturated rings. The Morgan fingerprint density at radius 3 is 2.68 bits per heavy atom. The first kappa shape index (κ1) is 25.2. The minimum absolute atomic E-state index is 0.0114. The molecular weight excluding hydrogens is 515 g/mol. The van der Waals surface area contributed by atoms with Crippen molar-refractivity contribution in [1.29, 1.82) is 0 Å². The van der Waals surface area contributed by atoms with Crippen LogP contribution in [0.25, 0.3) is 16.6 Å². The summed E-state index contributed by atoms with van der Waals surface area (Å²) in [5.74, 6) is 1.06. The minimum Gasteiger partial charge on any atom is -0.493 e. The number of carbonyl (C=O) groups is 1. The van der Waals surface area contributed by atoms with Gasteiger partial charge in [-0.1, -0.05) is 48.2 Å². The lowest BCUT2D eigenvalue weighted by Crippen LogP contribution is -2.07. The number of hydrogen-bond acceptors (Lipinski definition) is 6. The van der Waals surface area contributed by atoms with Crippen molar-refractivity contribution >= 4 is 40.5 Å². The summed E-state index contributed by atoms with van der Waals surface area (Å²) in [6.45, 7) is 0. The van der Waals surface area contributed by atoms with E-state index in [9.17, 15) is 9.90 Å². The fraction of sp³-hybridized carbons (Fsp3) is 0.296. The molecule has 0 radical (unpaired) electrons. The highest BCUT2D eigenvalue weighted by Gasteiger charge is 2.30. The van der Waals surface area contributed by atoms with Crippen molar-refractivity contribution in [2.45, 2.75) is 44.4 Å². The van der Waals surface area contributed by atoms with Crippen molar-refractivity contribution in [3.8, 4) is 28.4 Å². The van der Waals surface area contributed by atoms with E-state index in [0.717, 1.165) is 48.1 Å². The number of aliphatic carboxylic acids is 1. The molecule has 0 amide bonds. The molecule has 10 heteroatoms. The first-order valence-corrected chi connectivity index (χ1v) is 12.8. The van der Waals surface area contributed by atoms with Crippen LogP contribution in [0.2, 0.25) is 10.0 Å². The van der Waals surface area contributed by atoms with Crippen molar-refractivity contribution < 1.29 is 19.4 Å². The monoisotopic (exact) mass is 540 g/mol. The van der Waals surface area contributed by atoms with Gasteiger partial charge in [0.05, 0.1) is 12.1 Å². The summed E-state index contributed by atoms with van der Waals surface area (Å²) in [6, 6.07) is 10.7. The van der Waals surface area contributed by atoms with E-state index in [1.807, 2.05) is 16.6 Å². The van der Waals surface area contributed by atoms with Crippen LogP contribution < -0.4 is 15.2 Å². The van der Waals surface area contributed by atoms with Gasteiger partial charge in [0, 0.05) is 23.6 Å². The molecule has 192 valence electrons. The van der Waals surface area contributed by atoms with Crippen LogP contribution in [0.5, 0.6) is 17.2 Å². The van der Waals surface area contributed by atoms with E-state index in [1.165, 1.54) is 6.33 Å². The number of hydrogen-bond donors (Lipinski definition) is 2. The van der Waals surface area contributed by atoms with E-state index in [2.05, 4.69) is 10.1 Å². The first-order chi connectivity index (χ1) is 17.9. The smallest absolute Gasteiger partial charge is 0.303 e. The Hall–Kier alpha value is -3.49. The molecular formula is C27H26Cl2N4O4. The van der Waals surface area contributed by atoms with Crippen LogP contribution in [0, 0.1) is 0 Å². The largest absolute Gasteiger partial charge is 0.493 e. The zero-order valence-electron chi connectivity index (χ0n) is 20.2. The van der Waals surface area contributed by atoms with E-state index in [-0.39, 0.29) is 12.3 Å². The molecule has 37 heavy (non-hydrogen) atoms. The van der Waals surface area contributed by atoms with Gasteiger partial charge in [-0.15, -0.1) is 0 Å². The Labute approximate surface area is 223 Å². The third-order valence-electron chi connectivity index (χ3n) is 6.81. The van der Waals surface area contributed by atoms with Gasteiger partial charge in [0.1, 0.15) is 22.6 Å². The van der Waals surface area contributed by atoms with E-state index in [0.29, 0.717) is 45.0 Å². The molecule has 5 rings (SSSR count). The standard InChI is InChI=1S/C27H26Cl2N4O4/c1-36-21-13-16(9-11-19(21)37-20-8-4-7-18(28)24(20)29)23-17(10-12-22(34)35)25(15-5-2-3-6-15)33-26(23)27(30)31-14-32-33/h4,7-9,11,13-15H,2-3,5-6,10,12H2,1H3,(H,34,35)(H2,30,31,32). The van der Waals surface area contributed by atoms with Crippen molar-refractivity contribution in [2.24, 2.45) is 0 Å². The second-order valence-corrected chi connectivity index (χ2v) is 9.82. The van der Waals surface area contributed by atoms with E-state index in [1.54, 1.807) is 31.4 Å². The Balaban J connectivity index is 1.68.